The second-order valence-corrected chi connectivity index (χ2v) is 12.0. The number of benzene rings is 1. The molecule has 8 atom stereocenters. The Morgan fingerprint density at radius 3 is 2.91 bits per heavy atom. The van der Waals surface area contributed by atoms with Gasteiger partial charge in [0.25, 0.3) is 0 Å². The highest BCUT2D eigenvalue weighted by Crippen LogP contribution is 2.59. The Bertz CT molecular complexity index is 1020. The number of nitrogens with zero attached hydrogens (tertiary/aromatic N) is 1. The lowest BCUT2D eigenvalue weighted by Crippen LogP contribution is -2.42. The van der Waals surface area contributed by atoms with E-state index in [0.717, 1.165) is 48.9 Å². The topological polar surface area (TPSA) is 59.0 Å². The molecule has 2 aliphatic heterocycles. The molecule has 0 amide bonds. The Kier molecular flexibility index (Phi) is 4.55. The lowest BCUT2D eigenvalue weighted by Gasteiger charge is -2.39. The van der Waals surface area contributed by atoms with Gasteiger partial charge in [-0.2, -0.15) is 0 Å². The Hall–Kier alpha value is -1.85. The molecule has 4 aliphatic carbocycles. The lowest BCUT2D eigenvalue weighted by atomic mass is 9.66. The van der Waals surface area contributed by atoms with E-state index in [-0.39, 0.29) is 17.5 Å². The molecule has 2 heterocycles. The maximum Gasteiger partial charge on any atom is 0.311 e. The zero-order chi connectivity index (χ0) is 22.3. The van der Waals surface area contributed by atoms with Crippen LogP contribution in [-0.2, 0) is 16.8 Å². The molecule has 3 saturated carbocycles. The molecule has 5 heteroatoms. The van der Waals surface area contributed by atoms with E-state index in [1.807, 2.05) is 12.1 Å². The summed E-state index contributed by atoms with van der Waals surface area (Å²) >= 11 is 0. The first-order valence-corrected chi connectivity index (χ1v) is 13.1. The van der Waals surface area contributed by atoms with Gasteiger partial charge in [0.15, 0.2) is 11.5 Å². The second-order valence-electron chi connectivity index (χ2n) is 12.0. The fourth-order valence-electron chi connectivity index (χ4n) is 8.72. The second kappa shape index (κ2) is 7.32. The third kappa shape index (κ3) is 3.15. The van der Waals surface area contributed by atoms with Crippen molar-refractivity contribution in [3.8, 4) is 11.5 Å². The van der Waals surface area contributed by atoms with Gasteiger partial charge in [-0.1, -0.05) is 18.2 Å². The van der Waals surface area contributed by atoms with Crippen LogP contribution < -0.4 is 9.47 Å². The SMILES string of the molecule is CN1CC[C@@]23C=C[C@H](O)C[C@@H]2Oc2c(OC(=O)CC4CC5CC6CC(C5)C4C6)ccc(c23)C1. The average molecular weight is 450 g/mol. The van der Waals surface area contributed by atoms with Crippen LogP contribution in [0.3, 0.4) is 0 Å². The minimum absolute atomic E-state index is 0.102. The summed E-state index contributed by atoms with van der Waals surface area (Å²) in [4.78, 5) is 15.5. The zero-order valence-electron chi connectivity index (χ0n) is 19.5. The Morgan fingerprint density at radius 2 is 2.03 bits per heavy atom. The molecule has 1 N–H and O–H groups in total. The largest absolute Gasteiger partial charge is 0.485 e. The van der Waals surface area contributed by atoms with Crippen LogP contribution in [0.25, 0.3) is 0 Å². The number of carbonyl (C=O) groups excluding carboxylic acids is 1. The van der Waals surface area contributed by atoms with E-state index < -0.39 is 6.10 Å². The van der Waals surface area contributed by atoms with Crippen LogP contribution in [0.1, 0.15) is 62.5 Å². The van der Waals surface area contributed by atoms with Crippen molar-refractivity contribution < 1.29 is 19.4 Å². The van der Waals surface area contributed by atoms with Crippen LogP contribution in [0, 0.1) is 29.6 Å². The van der Waals surface area contributed by atoms with Crippen molar-refractivity contribution in [1.82, 2.24) is 4.90 Å². The molecular weight excluding hydrogens is 414 g/mol. The lowest BCUT2D eigenvalue weighted by molar-refractivity contribution is -0.136. The molecule has 1 aromatic rings. The molecule has 0 radical (unpaired) electrons. The van der Waals surface area contributed by atoms with Crippen molar-refractivity contribution in [3.05, 3.63) is 35.4 Å². The van der Waals surface area contributed by atoms with Crippen LogP contribution in [0.4, 0.5) is 0 Å². The standard InChI is InChI=1S/C28H35NO4/c1-29-7-6-28-5-4-21(30)14-24(28)33-27-23(3-2-18(15-29)26(27)28)32-25(31)13-20-10-16-8-17-11-19(9-16)22(20)12-17/h2-5,16-17,19-22,24,30H,6-15H2,1H3/t16?,17?,19?,20?,21-,22?,24-,28-/m0/s1. The number of fused-ring (bicyclic) bond motifs is 2. The number of carbonyl (C=O) groups is 1. The van der Waals surface area contributed by atoms with Gasteiger partial charge in [0.2, 0.25) is 0 Å². The summed E-state index contributed by atoms with van der Waals surface area (Å²) in [5.41, 5.74) is 2.19. The summed E-state index contributed by atoms with van der Waals surface area (Å²) in [6.45, 7) is 1.83. The summed E-state index contributed by atoms with van der Waals surface area (Å²) in [7, 11) is 2.15. The molecule has 176 valence electrons. The van der Waals surface area contributed by atoms with Crippen molar-refractivity contribution >= 4 is 5.97 Å². The monoisotopic (exact) mass is 449 g/mol. The van der Waals surface area contributed by atoms with Gasteiger partial charge in [-0.3, -0.25) is 4.79 Å². The maximum absolute atomic E-state index is 13.2. The minimum Gasteiger partial charge on any atom is -0.485 e. The van der Waals surface area contributed by atoms with Gasteiger partial charge in [-0.05, 0) is 93.3 Å². The highest BCUT2D eigenvalue weighted by Gasteiger charge is 2.53. The molecule has 3 fully saturated rings. The first-order valence-electron chi connectivity index (χ1n) is 13.1. The average Bonchev–Trinajstić information content (AvgIpc) is 3.17. The normalized spacial score (nSPS) is 42.4. The number of aliphatic hydroxyl groups excluding tert-OH is 1. The molecule has 7 rings (SSSR count). The van der Waals surface area contributed by atoms with E-state index in [4.69, 9.17) is 9.47 Å². The molecule has 5 unspecified atom stereocenters. The summed E-state index contributed by atoms with van der Waals surface area (Å²) in [6, 6.07) is 4.06. The van der Waals surface area contributed by atoms with E-state index in [0.29, 0.717) is 24.5 Å². The van der Waals surface area contributed by atoms with E-state index in [1.54, 1.807) is 0 Å². The number of aliphatic hydroxyl groups is 1. The summed E-state index contributed by atoms with van der Waals surface area (Å²) in [5, 5.41) is 10.3. The molecule has 0 aromatic heterocycles. The van der Waals surface area contributed by atoms with Crippen LogP contribution >= 0.6 is 0 Å². The molecule has 3 bridgehead atoms. The van der Waals surface area contributed by atoms with Crippen molar-refractivity contribution in [1.29, 1.82) is 0 Å². The quantitative estimate of drug-likeness (QED) is 0.426. The molecule has 33 heavy (non-hydrogen) atoms. The van der Waals surface area contributed by atoms with Gasteiger partial charge in [0.05, 0.1) is 11.5 Å². The van der Waals surface area contributed by atoms with Gasteiger partial charge < -0.3 is 19.5 Å². The fourth-order valence-corrected chi connectivity index (χ4v) is 8.72. The van der Waals surface area contributed by atoms with Gasteiger partial charge >= 0.3 is 5.97 Å². The number of hydrogen-bond donors (Lipinski definition) is 1. The minimum atomic E-state index is -0.484. The van der Waals surface area contributed by atoms with Crippen molar-refractivity contribution in [3.63, 3.8) is 0 Å². The van der Waals surface area contributed by atoms with Crippen molar-refractivity contribution in [2.75, 3.05) is 13.6 Å². The number of rotatable bonds is 3. The molecule has 6 aliphatic rings. The predicted octanol–water partition coefficient (Wildman–Crippen LogP) is 4.21. The van der Waals surface area contributed by atoms with Gasteiger partial charge in [-0.25, -0.2) is 0 Å². The van der Waals surface area contributed by atoms with Crippen LogP contribution in [0.15, 0.2) is 24.3 Å². The number of esters is 1. The number of ether oxygens (including phenoxy) is 2. The maximum atomic E-state index is 13.2. The van der Waals surface area contributed by atoms with E-state index in [1.165, 1.54) is 43.2 Å². The molecular formula is C28H35NO4. The van der Waals surface area contributed by atoms with Crippen molar-refractivity contribution in [2.45, 2.75) is 75.5 Å². The molecule has 1 spiro atoms. The van der Waals surface area contributed by atoms with E-state index in [2.05, 4.69) is 24.1 Å². The first-order chi connectivity index (χ1) is 16.0. The number of hydrogen-bond acceptors (Lipinski definition) is 5. The van der Waals surface area contributed by atoms with Gasteiger partial charge in [0, 0.05) is 24.9 Å². The molecule has 5 nitrogen and oxygen atoms in total. The molecule has 1 aromatic carbocycles. The van der Waals surface area contributed by atoms with Gasteiger partial charge in [-0.15, -0.1) is 0 Å². The predicted molar refractivity (Wildman–Crippen MR) is 124 cm³/mol. The van der Waals surface area contributed by atoms with E-state index in [9.17, 15) is 9.90 Å². The summed E-state index contributed by atoms with van der Waals surface area (Å²) in [6.07, 6.45) is 12.3. The van der Waals surface area contributed by atoms with Crippen LogP contribution in [0.2, 0.25) is 0 Å². The Morgan fingerprint density at radius 1 is 1.18 bits per heavy atom. The Balaban J connectivity index is 1.17. The zero-order valence-corrected chi connectivity index (χ0v) is 19.5. The van der Waals surface area contributed by atoms with E-state index >= 15 is 0 Å². The first kappa shape index (κ1) is 20.5. The highest BCUT2D eigenvalue weighted by molar-refractivity contribution is 5.75. The fraction of sp³-hybridized carbons (Fsp3) is 0.679. The smallest absolute Gasteiger partial charge is 0.311 e. The van der Waals surface area contributed by atoms with Crippen LogP contribution in [0.5, 0.6) is 11.5 Å². The van der Waals surface area contributed by atoms with Gasteiger partial charge in [0.1, 0.15) is 6.10 Å². The van der Waals surface area contributed by atoms with Crippen molar-refractivity contribution in [2.24, 2.45) is 29.6 Å². The highest BCUT2D eigenvalue weighted by atomic mass is 16.6. The molecule has 0 saturated heterocycles. The summed E-state index contributed by atoms with van der Waals surface area (Å²) < 4.78 is 12.6. The van der Waals surface area contributed by atoms with Crippen LogP contribution in [-0.4, -0.2) is 41.8 Å². The third-order valence-electron chi connectivity index (χ3n) is 9.97. The summed E-state index contributed by atoms with van der Waals surface area (Å²) in [5.74, 6) is 5.03. The Labute approximate surface area is 196 Å². The third-order valence-corrected chi connectivity index (χ3v) is 9.97.